The van der Waals surface area contributed by atoms with Gasteiger partial charge >= 0.3 is 0 Å². The summed E-state index contributed by atoms with van der Waals surface area (Å²) in [6.07, 6.45) is -0.108. The van der Waals surface area contributed by atoms with Crippen molar-refractivity contribution >= 4 is 23.2 Å². The highest BCUT2D eigenvalue weighted by Crippen LogP contribution is 2.22. The fourth-order valence-corrected chi connectivity index (χ4v) is 1.87. The lowest BCUT2D eigenvalue weighted by molar-refractivity contribution is -0.0855. The van der Waals surface area contributed by atoms with Gasteiger partial charge in [-0.2, -0.15) is 0 Å². The van der Waals surface area contributed by atoms with E-state index in [-0.39, 0.29) is 17.7 Å². The van der Waals surface area contributed by atoms with E-state index in [4.69, 9.17) is 26.8 Å². The van der Waals surface area contributed by atoms with Crippen LogP contribution in [0.25, 0.3) is 0 Å². The lowest BCUT2D eigenvalue weighted by Gasteiger charge is -2.23. The summed E-state index contributed by atoms with van der Waals surface area (Å²) < 4.78 is 10.7. The fraction of sp³-hybridized carbons (Fsp3) is 0.417. The Balaban J connectivity index is 1.93. The van der Waals surface area contributed by atoms with E-state index in [9.17, 15) is 4.79 Å². The van der Waals surface area contributed by atoms with E-state index in [1.165, 1.54) is 0 Å². The third-order valence-corrected chi connectivity index (χ3v) is 3.00. The second-order valence-electron chi connectivity index (χ2n) is 3.98. The molecule has 6 heteroatoms. The number of nitrogens with one attached hydrogen (secondary N) is 1. The van der Waals surface area contributed by atoms with Crippen LogP contribution in [0.4, 0.5) is 5.69 Å². The Kier molecular flexibility index (Phi) is 4.41. The first-order valence-corrected chi connectivity index (χ1v) is 6.08. The van der Waals surface area contributed by atoms with Crippen LogP contribution in [0.1, 0.15) is 10.4 Å². The van der Waals surface area contributed by atoms with E-state index in [0.717, 1.165) is 0 Å². The van der Waals surface area contributed by atoms with Gasteiger partial charge in [-0.25, -0.2) is 0 Å². The molecule has 0 bridgehead atoms. The zero-order valence-electron chi connectivity index (χ0n) is 9.82. The quantitative estimate of drug-likeness (QED) is 0.806. The van der Waals surface area contributed by atoms with Crippen LogP contribution >= 0.6 is 11.6 Å². The number of halogens is 1. The molecule has 5 nitrogen and oxygen atoms in total. The van der Waals surface area contributed by atoms with Gasteiger partial charge in [0.25, 0.3) is 5.91 Å². The number of anilines is 1. The van der Waals surface area contributed by atoms with Crippen molar-refractivity contribution in [1.82, 2.24) is 5.32 Å². The van der Waals surface area contributed by atoms with Gasteiger partial charge in [0.05, 0.1) is 42.2 Å². The number of rotatable bonds is 3. The van der Waals surface area contributed by atoms with Crippen LogP contribution in [0.15, 0.2) is 18.2 Å². The van der Waals surface area contributed by atoms with Crippen molar-refractivity contribution in [2.45, 2.75) is 6.10 Å². The molecule has 18 heavy (non-hydrogen) atoms. The molecule has 0 aliphatic carbocycles. The number of para-hydroxylation sites is 1. The zero-order valence-corrected chi connectivity index (χ0v) is 10.6. The largest absolute Gasteiger partial charge is 0.397 e. The van der Waals surface area contributed by atoms with Crippen LogP contribution in [-0.2, 0) is 9.47 Å². The van der Waals surface area contributed by atoms with E-state index in [2.05, 4.69) is 5.32 Å². The maximum Gasteiger partial charge on any atom is 0.253 e. The van der Waals surface area contributed by atoms with Gasteiger partial charge in [0.2, 0.25) is 0 Å². The van der Waals surface area contributed by atoms with Gasteiger partial charge < -0.3 is 20.5 Å². The second-order valence-corrected chi connectivity index (χ2v) is 4.39. The summed E-state index contributed by atoms with van der Waals surface area (Å²) >= 11 is 5.86. The molecule has 0 radical (unpaired) electrons. The molecule has 1 aromatic rings. The Morgan fingerprint density at radius 3 is 3.06 bits per heavy atom. The molecule has 1 fully saturated rings. The van der Waals surface area contributed by atoms with Gasteiger partial charge in [-0.3, -0.25) is 4.79 Å². The normalized spacial score (nSPS) is 19.5. The third-order valence-electron chi connectivity index (χ3n) is 2.67. The number of carbonyl (C=O) groups excluding carboxylic acids is 1. The average molecular weight is 271 g/mol. The van der Waals surface area contributed by atoms with Crippen LogP contribution in [-0.4, -0.2) is 38.4 Å². The molecular formula is C12H15ClN2O3. The number of hydrogen-bond donors (Lipinski definition) is 2. The van der Waals surface area contributed by atoms with E-state index in [0.29, 0.717) is 37.0 Å². The monoisotopic (exact) mass is 270 g/mol. The van der Waals surface area contributed by atoms with Crippen molar-refractivity contribution in [2.75, 3.05) is 32.1 Å². The molecular weight excluding hydrogens is 256 g/mol. The number of carbonyl (C=O) groups is 1. The average Bonchev–Trinajstić information content (AvgIpc) is 2.40. The first kappa shape index (κ1) is 13.1. The number of nitrogens with two attached hydrogens (primary N) is 1. The summed E-state index contributed by atoms with van der Waals surface area (Å²) in [6, 6.07) is 4.97. The number of benzene rings is 1. The lowest BCUT2D eigenvalue weighted by atomic mass is 10.1. The number of amides is 1. The molecule has 0 saturated carbocycles. The molecule has 0 spiro atoms. The molecule has 2 rings (SSSR count). The van der Waals surface area contributed by atoms with Crippen LogP contribution in [0.3, 0.4) is 0 Å². The van der Waals surface area contributed by atoms with Crippen molar-refractivity contribution in [2.24, 2.45) is 0 Å². The smallest absolute Gasteiger partial charge is 0.253 e. The van der Waals surface area contributed by atoms with Gasteiger partial charge in [0, 0.05) is 6.54 Å². The zero-order chi connectivity index (χ0) is 13.0. The molecule has 1 saturated heterocycles. The van der Waals surface area contributed by atoms with Crippen LogP contribution in [0.5, 0.6) is 0 Å². The Bertz CT molecular complexity index is 433. The fourth-order valence-electron chi connectivity index (χ4n) is 1.69. The lowest BCUT2D eigenvalue weighted by Crippen LogP contribution is -2.39. The Labute approximate surface area is 110 Å². The minimum atomic E-state index is -0.260. The van der Waals surface area contributed by atoms with E-state index >= 15 is 0 Å². The summed E-state index contributed by atoms with van der Waals surface area (Å²) in [6.45, 7) is 2.04. The Morgan fingerprint density at radius 2 is 2.33 bits per heavy atom. The molecule has 1 aliphatic rings. The SMILES string of the molecule is Nc1c(Cl)cccc1C(=O)NCC1COCCO1. The summed E-state index contributed by atoms with van der Waals surface area (Å²) in [4.78, 5) is 11.9. The highest BCUT2D eigenvalue weighted by atomic mass is 35.5. The van der Waals surface area contributed by atoms with Crippen molar-refractivity contribution in [3.8, 4) is 0 Å². The standard InChI is InChI=1S/C12H15ClN2O3/c13-10-3-1-2-9(11(10)14)12(16)15-6-8-7-17-4-5-18-8/h1-3,8H,4-7,14H2,(H,15,16). The minimum Gasteiger partial charge on any atom is -0.397 e. The van der Waals surface area contributed by atoms with Crippen LogP contribution < -0.4 is 11.1 Å². The molecule has 1 amide bonds. The number of nitrogen functional groups attached to an aromatic ring is 1. The molecule has 1 atom stereocenters. The summed E-state index contributed by atoms with van der Waals surface area (Å²) in [5.41, 5.74) is 6.41. The number of ether oxygens (including phenoxy) is 2. The second kappa shape index (κ2) is 6.04. The third kappa shape index (κ3) is 3.13. The van der Waals surface area contributed by atoms with Gasteiger partial charge in [-0.05, 0) is 12.1 Å². The minimum absolute atomic E-state index is 0.108. The summed E-state index contributed by atoms with van der Waals surface area (Å²) in [5.74, 6) is -0.260. The Hall–Kier alpha value is -1.30. The first-order valence-electron chi connectivity index (χ1n) is 5.70. The van der Waals surface area contributed by atoms with Gasteiger partial charge in [0.1, 0.15) is 0 Å². The predicted octanol–water partition coefficient (Wildman–Crippen LogP) is 1.07. The van der Waals surface area contributed by atoms with Crippen molar-refractivity contribution in [3.05, 3.63) is 28.8 Å². The maximum absolute atomic E-state index is 11.9. The molecule has 0 aromatic heterocycles. The van der Waals surface area contributed by atoms with Crippen LogP contribution in [0.2, 0.25) is 5.02 Å². The van der Waals surface area contributed by atoms with Gasteiger partial charge in [-0.1, -0.05) is 17.7 Å². The maximum atomic E-state index is 11.9. The highest BCUT2D eigenvalue weighted by molar-refractivity contribution is 6.33. The van der Waals surface area contributed by atoms with Gasteiger partial charge in [-0.15, -0.1) is 0 Å². The van der Waals surface area contributed by atoms with Crippen molar-refractivity contribution in [3.63, 3.8) is 0 Å². The molecule has 1 unspecified atom stereocenters. The molecule has 1 heterocycles. The summed E-state index contributed by atoms with van der Waals surface area (Å²) in [7, 11) is 0. The molecule has 1 aromatic carbocycles. The van der Waals surface area contributed by atoms with Crippen molar-refractivity contribution in [1.29, 1.82) is 0 Å². The van der Waals surface area contributed by atoms with Crippen LogP contribution in [0, 0.1) is 0 Å². The van der Waals surface area contributed by atoms with E-state index < -0.39 is 0 Å². The topological polar surface area (TPSA) is 73.6 Å². The summed E-state index contributed by atoms with van der Waals surface area (Å²) in [5, 5.41) is 3.13. The molecule has 98 valence electrons. The molecule has 3 N–H and O–H groups in total. The van der Waals surface area contributed by atoms with E-state index in [1.807, 2.05) is 0 Å². The number of hydrogen-bond acceptors (Lipinski definition) is 4. The highest BCUT2D eigenvalue weighted by Gasteiger charge is 2.17. The predicted molar refractivity (Wildman–Crippen MR) is 68.8 cm³/mol. The first-order chi connectivity index (χ1) is 8.68. The van der Waals surface area contributed by atoms with Gasteiger partial charge in [0.15, 0.2) is 0 Å². The Morgan fingerprint density at radius 1 is 1.50 bits per heavy atom. The molecule has 1 aliphatic heterocycles. The van der Waals surface area contributed by atoms with E-state index in [1.54, 1.807) is 18.2 Å². The van der Waals surface area contributed by atoms with Crippen molar-refractivity contribution < 1.29 is 14.3 Å².